The number of carbonyl (C=O) groups is 1. The molecule has 0 aliphatic rings. The molecule has 1 unspecified atom stereocenters. The number of amides is 1. The fourth-order valence-corrected chi connectivity index (χ4v) is 2.59. The highest BCUT2D eigenvalue weighted by Crippen LogP contribution is 2.30. The van der Waals surface area contributed by atoms with Crippen molar-refractivity contribution in [2.75, 3.05) is 19.8 Å². The van der Waals surface area contributed by atoms with Crippen molar-refractivity contribution in [3.05, 3.63) is 17.1 Å². The Kier molecular flexibility index (Phi) is 3.41. The van der Waals surface area contributed by atoms with Gasteiger partial charge in [-0.05, 0) is 33.3 Å². The van der Waals surface area contributed by atoms with Crippen LogP contribution in [0.25, 0.3) is 11.0 Å². The molecule has 1 amide bonds. The second-order valence-corrected chi connectivity index (χ2v) is 5.34. The summed E-state index contributed by atoms with van der Waals surface area (Å²) in [7, 11) is 3.50. The van der Waals surface area contributed by atoms with Crippen molar-refractivity contribution in [3.8, 4) is 0 Å². The molecule has 2 rings (SSSR count). The molecule has 1 atom stereocenters. The predicted octanol–water partition coefficient (Wildman–Crippen LogP) is 1.59. The molecule has 0 aromatic carbocycles. The van der Waals surface area contributed by atoms with Gasteiger partial charge in [-0.15, -0.1) is 0 Å². The average Bonchev–Trinajstić information content (AvgIpc) is 2.60. The number of likely N-dealkylation sites (N-methyl/N-ethyl adjacent to an activating group) is 1. The number of fused-ring (bicyclic) bond motifs is 1. The maximum Gasteiger partial charge on any atom is 0.244 e. The lowest BCUT2D eigenvalue weighted by Crippen LogP contribution is -2.30. The Morgan fingerprint density at radius 1 is 1.25 bits per heavy atom. The molecular formula is C14H21N5O. The number of aromatic nitrogens is 3. The highest BCUT2D eigenvalue weighted by Gasteiger charge is 2.24. The van der Waals surface area contributed by atoms with Gasteiger partial charge >= 0.3 is 0 Å². The first kappa shape index (κ1) is 14.3. The van der Waals surface area contributed by atoms with Crippen molar-refractivity contribution in [3.63, 3.8) is 0 Å². The number of nitrogen functional groups attached to an aromatic ring is 1. The molecule has 6 nitrogen and oxygen atoms in total. The molecule has 0 aliphatic heterocycles. The summed E-state index contributed by atoms with van der Waals surface area (Å²) >= 11 is 0. The molecule has 2 heterocycles. The van der Waals surface area contributed by atoms with Crippen molar-refractivity contribution in [2.24, 2.45) is 0 Å². The van der Waals surface area contributed by atoms with Crippen LogP contribution in [0, 0.1) is 20.8 Å². The number of rotatable bonds is 2. The lowest BCUT2D eigenvalue weighted by molar-refractivity contribution is -0.131. The highest BCUT2D eigenvalue weighted by atomic mass is 16.2. The van der Waals surface area contributed by atoms with E-state index in [0.29, 0.717) is 11.6 Å². The minimum Gasteiger partial charge on any atom is -0.383 e. The van der Waals surface area contributed by atoms with E-state index in [1.54, 1.807) is 25.9 Å². The van der Waals surface area contributed by atoms with E-state index in [1.165, 1.54) is 0 Å². The summed E-state index contributed by atoms with van der Waals surface area (Å²) in [6, 6.07) is -0.324. The zero-order chi connectivity index (χ0) is 15.2. The van der Waals surface area contributed by atoms with E-state index in [1.807, 2.05) is 25.3 Å². The number of nitrogens with two attached hydrogens (primary N) is 1. The molecule has 2 aromatic rings. The summed E-state index contributed by atoms with van der Waals surface area (Å²) in [5, 5.41) is 0.839. The molecule has 0 saturated heterocycles. The van der Waals surface area contributed by atoms with Crippen LogP contribution < -0.4 is 5.73 Å². The van der Waals surface area contributed by atoms with Gasteiger partial charge in [-0.25, -0.2) is 9.97 Å². The Hall–Kier alpha value is -2.11. The molecule has 0 saturated carbocycles. The fraction of sp³-hybridized carbons (Fsp3) is 0.500. The smallest absolute Gasteiger partial charge is 0.244 e. The largest absolute Gasteiger partial charge is 0.383 e. The van der Waals surface area contributed by atoms with Crippen molar-refractivity contribution in [1.29, 1.82) is 0 Å². The van der Waals surface area contributed by atoms with Gasteiger partial charge in [-0.1, -0.05) is 0 Å². The molecule has 0 fully saturated rings. The predicted molar refractivity (Wildman–Crippen MR) is 79.6 cm³/mol. The normalized spacial score (nSPS) is 12.7. The van der Waals surface area contributed by atoms with Crippen LogP contribution in [0.4, 0.5) is 5.82 Å². The van der Waals surface area contributed by atoms with E-state index in [-0.39, 0.29) is 11.9 Å². The van der Waals surface area contributed by atoms with E-state index < -0.39 is 0 Å². The molecule has 0 radical (unpaired) electrons. The number of carbonyl (C=O) groups excluding carboxylic acids is 1. The Bertz CT molecular complexity index is 687. The minimum absolute atomic E-state index is 0.0276. The highest BCUT2D eigenvalue weighted by molar-refractivity contribution is 5.92. The molecule has 0 aliphatic carbocycles. The van der Waals surface area contributed by atoms with Gasteiger partial charge in [0.1, 0.15) is 23.3 Å². The van der Waals surface area contributed by atoms with Gasteiger partial charge in [-0.2, -0.15) is 0 Å². The summed E-state index contributed by atoms with van der Waals surface area (Å²) in [4.78, 5) is 22.5. The number of anilines is 1. The lowest BCUT2D eigenvalue weighted by Gasteiger charge is -2.20. The monoisotopic (exact) mass is 275 g/mol. The molecule has 6 heteroatoms. The Morgan fingerprint density at radius 2 is 1.85 bits per heavy atom. The number of hydrogen-bond donors (Lipinski definition) is 1. The van der Waals surface area contributed by atoms with E-state index in [0.717, 1.165) is 22.3 Å². The number of hydrogen-bond acceptors (Lipinski definition) is 4. The third kappa shape index (κ3) is 2.01. The molecule has 2 aromatic heterocycles. The van der Waals surface area contributed by atoms with Gasteiger partial charge in [0.05, 0.1) is 5.39 Å². The first-order chi connectivity index (χ1) is 9.25. The SMILES string of the molecule is Cc1nc(N)c2c(C)c(C)n(C(C)C(=O)N(C)C)c2n1. The van der Waals surface area contributed by atoms with E-state index in [9.17, 15) is 4.79 Å². The molecular weight excluding hydrogens is 254 g/mol. The van der Waals surface area contributed by atoms with Crippen molar-refractivity contribution >= 4 is 22.8 Å². The maximum atomic E-state index is 12.2. The first-order valence-electron chi connectivity index (χ1n) is 6.58. The summed E-state index contributed by atoms with van der Waals surface area (Å²) in [5.74, 6) is 1.11. The first-order valence-corrected chi connectivity index (χ1v) is 6.58. The van der Waals surface area contributed by atoms with E-state index >= 15 is 0 Å². The Balaban J connectivity index is 2.77. The van der Waals surface area contributed by atoms with Gasteiger partial charge in [0.25, 0.3) is 0 Å². The summed E-state index contributed by atoms with van der Waals surface area (Å²) in [5.41, 5.74) is 8.76. The van der Waals surface area contributed by atoms with Crippen molar-refractivity contribution in [1.82, 2.24) is 19.4 Å². The van der Waals surface area contributed by atoms with Crippen LogP contribution in [0.1, 0.15) is 30.0 Å². The van der Waals surface area contributed by atoms with Gasteiger partial charge in [0.2, 0.25) is 5.91 Å². The van der Waals surface area contributed by atoms with Gasteiger partial charge in [-0.3, -0.25) is 4.79 Å². The van der Waals surface area contributed by atoms with Crippen LogP contribution in [0.3, 0.4) is 0 Å². The maximum absolute atomic E-state index is 12.2. The van der Waals surface area contributed by atoms with Crippen LogP contribution in [0.2, 0.25) is 0 Å². The Morgan fingerprint density at radius 3 is 2.40 bits per heavy atom. The minimum atomic E-state index is -0.324. The van der Waals surface area contributed by atoms with Crippen LogP contribution in [-0.4, -0.2) is 39.4 Å². The van der Waals surface area contributed by atoms with Gasteiger partial charge in [0.15, 0.2) is 0 Å². The van der Waals surface area contributed by atoms with Crippen molar-refractivity contribution < 1.29 is 4.79 Å². The Labute approximate surface area is 118 Å². The molecule has 108 valence electrons. The van der Waals surface area contributed by atoms with Crippen LogP contribution >= 0.6 is 0 Å². The second kappa shape index (κ2) is 4.77. The van der Waals surface area contributed by atoms with Crippen LogP contribution in [0.5, 0.6) is 0 Å². The average molecular weight is 275 g/mol. The fourth-order valence-electron chi connectivity index (χ4n) is 2.59. The molecule has 2 N–H and O–H groups in total. The standard InChI is InChI=1S/C14H21N5O/c1-7-8(2)19(9(3)14(20)18(5)6)13-11(7)12(15)16-10(4)17-13/h9H,1-6H3,(H2,15,16,17). The van der Waals surface area contributed by atoms with E-state index in [2.05, 4.69) is 9.97 Å². The summed E-state index contributed by atoms with van der Waals surface area (Å²) < 4.78 is 1.94. The molecule has 0 bridgehead atoms. The number of nitrogens with zero attached hydrogens (tertiary/aromatic N) is 4. The second-order valence-electron chi connectivity index (χ2n) is 5.34. The molecule has 20 heavy (non-hydrogen) atoms. The van der Waals surface area contributed by atoms with Crippen LogP contribution in [-0.2, 0) is 4.79 Å². The van der Waals surface area contributed by atoms with E-state index in [4.69, 9.17) is 5.73 Å². The third-order valence-electron chi connectivity index (χ3n) is 3.72. The lowest BCUT2D eigenvalue weighted by atomic mass is 10.2. The van der Waals surface area contributed by atoms with Gasteiger partial charge in [0, 0.05) is 19.8 Å². The summed E-state index contributed by atoms with van der Waals surface area (Å²) in [6.07, 6.45) is 0. The van der Waals surface area contributed by atoms with Gasteiger partial charge < -0.3 is 15.2 Å². The third-order valence-corrected chi connectivity index (χ3v) is 3.72. The van der Waals surface area contributed by atoms with Crippen molar-refractivity contribution in [2.45, 2.75) is 33.7 Å². The van der Waals surface area contributed by atoms with Crippen LogP contribution in [0.15, 0.2) is 0 Å². The zero-order valence-corrected chi connectivity index (χ0v) is 12.9. The summed E-state index contributed by atoms with van der Waals surface area (Å²) in [6.45, 7) is 7.64. The number of aryl methyl sites for hydroxylation is 2. The quantitative estimate of drug-likeness (QED) is 0.903. The zero-order valence-electron chi connectivity index (χ0n) is 12.9. The molecule has 0 spiro atoms. The topological polar surface area (TPSA) is 77.0 Å².